The van der Waals surface area contributed by atoms with E-state index in [0.717, 1.165) is 18.5 Å². The average Bonchev–Trinajstić information content (AvgIpc) is 2.38. The fraction of sp³-hybridized carbons (Fsp3) is 0.571. The standard InChI is InChI=1S/C14H21Cl2NO2/c1-4-10(2)17(5-6-19-3)9-11-7-12(15)8-13(16)14(11)18/h7-8,10,18H,4-6,9H2,1-3H3. The van der Waals surface area contributed by atoms with E-state index in [1.807, 2.05) is 0 Å². The van der Waals surface area contributed by atoms with Crippen LogP contribution < -0.4 is 0 Å². The molecule has 5 heteroatoms. The lowest BCUT2D eigenvalue weighted by Crippen LogP contribution is -2.34. The Hall–Kier alpha value is -0.480. The minimum atomic E-state index is 0.108. The van der Waals surface area contributed by atoms with Crippen molar-refractivity contribution in [2.24, 2.45) is 0 Å². The number of nitrogens with zero attached hydrogens (tertiary/aromatic N) is 1. The Morgan fingerprint density at radius 1 is 1.37 bits per heavy atom. The van der Waals surface area contributed by atoms with E-state index in [1.54, 1.807) is 19.2 Å². The number of ether oxygens (including phenoxy) is 1. The molecule has 0 aliphatic heterocycles. The van der Waals surface area contributed by atoms with Crippen molar-refractivity contribution in [1.82, 2.24) is 4.90 Å². The van der Waals surface area contributed by atoms with Gasteiger partial charge in [0, 0.05) is 36.8 Å². The van der Waals surface area contributed by atoms with E-state index in [1.165, 1.54) is 0 Å². The Bertz CT molecular complexity index is 413. The van der Waals surface area contributed by atoms with Gasteiger partial charge in [-0.15, -0.1) is 0 Å². The zero-order valence-electron chi connectivity index (χ0n) is 11.6. The van der Waals surface area contributed by atoms with Crippen molar-refractivity contribution in [3.05, 3.63) is 27.7 Å². The lowest BCUT2D eigenvalue weighted by atomic mass is 10.1. The lowest BCUT2D eigenvalue weighted by molar-refractivity contribution is 0.117. The molecule has 1 unspecified atom stereocenters. The molecule has 0 saturated carbocycles. The van der Waals surface area contributed by atoms with Gasteiger partial charge in [0.1, 0.15) is 5.75 Å². The maximum Gasteiger partial charge on any atom is 0.138 e. The normalized spacial score (nSPS) is 12.9. The topological polar surface area (TPSA) is 32.7 Å². The number of methoxy groups -OCH3 is 1. The maximum absolute atomic E-state index is 10.0. The van der Waals surface area contributed by atoms with E-state index in [2.05, 4.69) is 18.7 Å². The molecule has 0 aliphatic carbocycles. The summed E-state index contributed by atoms with van der Waals surface area (Å²) in [5.74, 6) is 0.108. The summed E-state index contributed by atoms with van der Waals surface area (Å²) < 4.78 is 5.13. The molecule has 19 heavy (non-hydrogen) atoms. The van der Waals surface area contributed by atoms with E-state index < -0.39 is 0 Å². The number of rotatable bonds is 7. The molecule has 0 saturated heterocycles. The largest absolute Gasteiger partial charge is 0.506 e. The molecule has 0 aromatic heterocycles. The predicted octanol–water partition coefficient (Wildman–Crippen LogP) is 3.95. The van der Waals surface area contributed by atoms with Crippen molar-refractivity contribution >= 4 is 23.2 Å². The van der Waals surface area contributed by atoms with Crippen LogP contribution in [0.1, 0.15) is 25.8 Å². The number of phenols is 1. The third-order valence-corrected chi connectivity index (χ3v) is 3.78. The second kappa shape index (κ2) is 7.95. The molecule has 0 radical (unpaired) electrons. The monoisotopic (exact) mass is 305 g/mol. The van der Waals surface area contributed by atoms with Crippen molar-refractivity contribution in [1.29, 1.82) is 0 Å². The molecule has 1 N–H and O–H groups in total. The molecule has 0 spiro atoms. The first-order valence-corrected chi connectivity index (χ1v) is 7.15. The second-order valence-corrected chi connectivity index (χ2v) is 5.46. The Labute approximate surface area is 125 Å². The van der Waals surface area contributed by atoms with Crippen molar-refractivity contribution in [2.75, 3.05) is 20.3 Å². The zero-order chi connectivity index (χ0) is 14.4. The summed E-state index contributed by atoms with van der Waals surface area (Å²) in [5, 5.41) is 10.8. The maximum atomic E-state index is 10.0. The number of aromatic hydroxyl groups is 1. The van der Waals surface area contributed by atoms with Crippen LogP contribution in [0.3, 0.4) is 0 Å². The smallest absolute Gasteiger partial charge is 0.138 e. The highest BCUT2D eigenvalue weighted by atomic mass is 35.5. The van der Waals surface area contributed by atoms with Gasteiger partial charge in [0.15, 0.2) is 0 Å². The predicted molar refractivity (Wildman–Crippen MR) is 80.2 cm³/mol. The number of phenolic OH excluding ortho intramolecular Hbond substituents is 1. The van der Waals surface area contributed by atoms with E-state index in [9.17, 15) is 5.11 Å². The number of benzene rings is 1. The summed E-state index contributed by atoms with van der Waals surface area (Å²) in [7, 11) is 1.68. The molecule has 0 heterocycles. The summed E-state index contributed by atoms with van der Waals surface area (Å²) in [4.78, 5) is 2.24. The van der Waals surface area contributed by atoms with Crippen LogP contribution in [0.25, 0.3) is 0 Å². The average molecular weight is 306 g/mol. The van der Waals surface area contributed by atoms with Crippen LogP contribution in [0.4, 0.5) is 0 Å². The summed E-state index contributed by atoms with van der Waals surface area (Å²) in [5.41, 5.74) is 0.744. The molecule has 1 aromatic carbocycles. The molecular weight excluding hydrogens is 285 g/mol. The van der Waals surface area contributed by atoms with Crippen LogP contribution in [0, 0.1) is 0 Å². The Balaban J connectivity index is 2.89. The van der Waals surface area contributed by atoms with Crippen molar-refractivity contribution in [2.45, 2.75) is 32.9 Å². The molecular formula is C14H21Cl2NO2. The van der Waals surface area contributed by atoms with Gasteiger partial charge >= 0.3 is 0 Å². The molecule has 0 amide bonds. The first kappa shape index (κ1) is 16.6. The van der Waals surface area contributed by atoms with Gasteiger partial charge in [-0.2, -0.15) is 0 Å². The van der Waals surface area contributed by atoms with Crippen LogP contribution >= 0.6 is 23.2 Å². The minimum absolute atomic E-state index is 0.108. The van der Waals surface area contributed by atoms with Gasteiger partial charge < -0.3 is 9.84 Å². The number of hydrogen-bond acceptors (Lipinski definition) is 3. The quantitative estimate of drug-likeness (QED) is 0.828. The molecule has 3 nitrogen and oxygen atoms in total. The van der Waals surface area contributed by atoms with Crippen LogP contribution in [0.2, 0.25) is 10.0 Å². The van der Waals surface area contributed by atoms with Crippen LogP contribution in [-0.4, -0.2) is 36.3 Å². The van der Waals surface area contributed by atoms with Gasteiger partial charge in [-0.3, -0.25) is 4.90 Å². The first-order valence-electron chi connectivity index (χ1n) is 6.39. The van der Waals surface area contributed by atoms with Crippen molar-refractivity contribution < 1.29 is 9.84 Å². The highest BCUT2D eigenvalue weighted by Crippen LogP contribution is 2.32. The molecule has 108 valence electrons. The summed E-state index contributed by atoms with van der Waals surface area (Å²) in [6.07, 6.45) is 1.03. The van der Waals surface area contributed by atoms with Crippen LogP contribution in [0.15, 0.2) is 12.1 Å². The second-order valence-electron chi connectivity index (χ2n) is 4.62. The van der Waals surface area contributed by atoms with Crippen molar-refractivity contribution in [3.8, 4) is 5.75 Å². The highest BCUT2D eigenvalue weighted by Gasteiger charge is 2.16. The van der Waals surface area contributed by atoms with E-state index in [-0.39, 0.29) is 5.75 Å². The van der Waals surface area contributed by atoms with Gasteiger partial charge in [-0.25, -0.2) is 0 Å². The third-order valence-electron chi connectivity index (χ3n) is 3.28. The van der Waals surface area contributed by atoms with Crippen LogP contribution in [-0.2, 0) is 11.3 Å². The molecule has 1 atom stereocenters. The first-order chi connectivity index (χ1) is 8.99. The lowest BCUT2D eigenvalue weighted by Gasteiger charge is -2.28. The number of halogens is 2. The Morgan fingerprint density at radius 3 is 2.63 bits per heavy atom. The minimum Gasteiger partial charge on any atom is -0.506 e. The molecule has 0 bridgehead atoms. The van der Waals surface area contributed by atoms with E-state index in [0.29, 0.717) is 29.2 Å². The summed E-state index contributed by atoms with van der Waals surface area (Å²) in [6.45, 7) is 6.34. The molecule has 1 aromatic rings. The molecule has 0 fully saturated rings. The Kier molecular flexibility index (Phi) is 6.94. The third kappa shape index (κ3) is 4.84. The van der Waals surface area contributed by atoms with E-state index in [4.69, 9.17) is 27.9 Å². The van der Waals surface area contributed by atoms with Crippen LogP contribution in [0.5, 0.6) is 5.75 Å². The summed E-state index contributed by atoms with van der Waals surface area (Å²) >= 11 is 11.9. The molecule has 0 aliphatic rings. The SMILES string of the molecule is CCC(C)N(CCOC)Cc1cc(Cl)cc(Cl)c1O. The van der Waals surface area contributed by atoms with Gasteiger partial charge in [0.2, 0.25) is 0 Å². The van der Waals surface area contributed by atoms with Crippen molar-refractivity contribution in [3.63, 3.8) is 0 Å². The van der Waals surface area contributed by atoms with E-state index >= 15 is 0 Å². The fourth-order valence-electron chi connectivity index (χ4n) is 1.88. The highest BCUT2D eigenvalue weighted by molar-refractivity contribution is 6.35. The number of hydrogen-bond donors (Lipinski definition) is 1. The van der Waals surface area contributed by atoms with Gasteiger partial charge in [-0.05, 0) is 25.5 Å². The fourth-order valence-corrected chi connectivity index (χ4v) is 2.42. The van der Waals surface area contributed by atoms with Gasteiger partial charge in [-0.1, -0.05) is 30.1 Å². The zero-order valence-corrected chi connectivity index (χ0v) is 13.1. The van der Waals surface area contributed by atoms with Gasteiger partial charge in [0.05, 0.1) is 11.6 Å². The Morgan fingerprint density at radius 2 is 2.05 bits per heavy atom. The van der Waals surface area contributed by atoms with Gasteiger partial charge in [0.25, 0.3) is 0 Å². The molecule has 1 rings (SSSR count). The summed E-state index contributed by atoms with van der Waals surface area (Å²) in [6, 6.07) is 3.70.